The van der Waals surface area contributed by atoms with Crippen LogP contribution in [0.15, 0.2) is 60.9 Å². The number of likely N-dealkylation sites (tertiary alicyclic amines) is 1. The minimum atomic E-state index is -0.366. The van der Waals surface area contributed by atoms with Crippen LogP contribution in [-0.4, -0.2) is 38.8 Å². The summed E-state index contributed by atoms with van der Waals surface area (Å²) in [5.41, 5.74) is 1.50. The normalized spacial score (nSPS) is 16.8. The van der Waals surface area contributed by atoms with Gasteiger partial charge in [0.1, 0.15) is 18.0 Å². The predicted octanol–water partition coefficient (Wildman–Crippen LogP) is 3.89. The number of carbonyl (C=O) groups excluding carboxylic acids is 1. The van der Waals surface area contributed by atoms with E-state index in [1.54, 1.807) is 23.4 Å². The van der Waals surface area contributed by atoms with E-state index < -0.39 is 0 Å². The molecule has 1 unspecified atom stereocenters. The molecular weight excluding hydrogens is 357 g/mol. The van der Waals surface area contributed by atoms with Crippen molar-refractivity contribution in [1.29, 1.82) is 0 Å². The number of benzene rings is 2. The van der Waals surface area contributed by atoms with Crippen LogP contribution in [0.4, 0.5) is 14.9 Å². The first-order valence-electron chi connectivity index (χ1n) is 9.45. The van der Waals surface area contributed by atoms with Crippen LogP contribution < -0.4 is 5.32 Å². The Labute approximate surface area is 163 Å². The fourth-order valence-corrected chi connectivity index (χ4v) is 3.65. The third kappa shape index (κ3) is 4.19. The van der Waals surface area contributed by atoms with Gasteiger partial charge in [-0.3, -0.25) is 4.57 Å². The summed E-state index contributed by atoms with van der Waals surface area (Å²) in [6.07, 6.45) is 4.44. The van der Waals surface area contributed by atoms with Gasteiger partial charge in [0, 0.05) is 30.9 Å². The number of carbonyl (C=O) groups is 1. The largest absolute Gasteiger partial charge is 0.324 e. The lowest BCUT2D eigenvalue weighted by atomic mass is 9.94. The molecule has 0 spiro atoms. The van der Waals surface area contributed by atoms with Crippen LogP contribution >= 0.6 is 0 Å². The Bertz CT molecular complexity index is 943. The number of piperidine rings is 1. The van der Waals surface area contributed by atoms with Gasteiger partial charge in [0.15, 0.2) is 0 Å². The summed E-state index contributed by atoms with van der Waals surface area (Å²) in [5.74, 6) is 0.830. The Morgan fingerprint density at radius 2 is 2.04 bits per heavy atom. The van der Waals surface area contributed by atoms with Gasteiger partial charge in [-0.2, -0.15) is 0 Å². The zero-order valence-corrected chi connectivity index (χ0v) is 15.5. The molecule has 2 aromatic carbocycles. The fourth-order valence-electron chi connectivity index (χ4n) is 3.65. The molecule has 2 amide bonds. The van der Waals surface area contributed by atoms with Crippen molar-refractivity contribution >= 4 is 11.7 Å². The van der Waals surface area contributed by atoms with E-state index in [0.29, 0.717) is 24.7 Å². The minimum Gasteiger partial charge on any atom is -0.324 e. The van der Waals surface area contributed by atoms with Crippen LogP contribution in [0.3, 0.4) is 0 Å². The molecule has 1 aromatic heterocycles. The topological polar surface area (TPSA) is 63.1 Å². The molecule has 7 heteroatoms. The summed E-state index contributed by atoms with van der Waals surface area (Å²) in [6.45, 7) is 1.34. The van der Waals surface area contributed by atoms with Gasteiger partial charge in [-0.15, -0.1) is 10.2 Å². The number of nitrogens with zero attached hydrogens (tertiary/aromatic N) is 4. The van der Waals surface area contributed by atoms with E-state index in [-0.39, 0.29) is 11.8 Å². The van der Waals surface area contributed by atoms with Gasteiger partial charge in [-0.25, -0.2) is 9.18 Å². The summed E-state index contributed by atoms with van der Waals surface area (Å²) in [6, 6.07) is 15.7. The van der Waals surface area contributed by atoms with Crippen molar-refractivity contribution < 1.29 is 9.18 Å². The molecular formula is C21H22FN5O. The molecule has 1 N–H and O–H groups in total. The van der Waals surface area contributed by atoms with E-state index in [1.807, 2.05) is 34.9 Å². The zero-order valence-electron chi connectivity index (χ0n) is 15.5. The molecule has 0 saturated carbocycles. The zero-order chi connectivity index (χ0) is 19.3. The third-order valence-corrected chi connectivity index (χ3v) is 5.01. The molecule has 0 radical (unpaired) electrons. The van der Waals surface area contributed by atoms with Gasteiger partial charge < -0.3 is 10.2 Å². The van der Waals surface area contributed by atoms with Crippen molar-refractivity contribution in [2.45, 2.75) is 19.3 Å². The van der Waals surface area contributed by atoms with Gasteiger partial charge >= 0.3 is 6.03 Å². The number of urea groups is 1. The average Bonchev–Trinajstić information content (AvgIpc) is 3.17. The number of halogens is 1. The van der Waals surface area contributed by atoms with Crippen molar-refractivity contribution in [3.8, 4) is 5.69 Å². The highest BCUT2D eigenvalue weighted by Gasteiger charge is 2.25. The first-order valence-corrected chi connectivity index (χ1v) is 9.45. The second kappa shape index (κ2) is 8.21. The van der Waals surface area contributed by atoms with E-state index in [0.717, 1.165) is 30.8 Å². The molecule has 0 aliphatic carbocycles. The molecule has 1 aliphatic rings. The fraction of sp³-hybridized carbons (Fsp3) is 0.286. The summed E-state index contributed by atoms with van der Waals surface area (Å²) in [4.78, 5) is 14.4. The van der Waals surface area contributed by atoms with Crippen molar-refractivity contribution in [3.05, 3.63) is 72.6 Å². The van der Waals surface area contributed by atoms with Gasteiger partial charge in [-0.05, 0) is 49.1 Å². The maximum Gasteiger partial charge on any atom is 0.321 e. The van der Waals surface area contributed by atoms with Gasteiger partial charge in [0.05, 0.1) is 0 Å². The number of aromatic nitrogens is 3. The lowest BCUT2D eigenvalue weighted by molar-refractivity contribution is 0.176. The smallest absolute Gasteiger partial charge is 0.321 e. The molecule has 1 atom stereocenters. The molecule has 0 bridgehead atoms. The summed E-state index contributed by atoms with van der Waals surface area (Å²) < 4.78 is 15.3. The summed E-state index contributed by atoms with van der Waals surface area (Å²) >= 11 is 0. The molecule has 144 valence electrons. The summed E-state index contributed by atoms with van der Waals surface area (Å²) in [7, 11) is 0. The van der Waals surface area contributed by atoms with Crippen LogP contribution in [0.1, 0.15) is 18.7 Å². The van der Waals surface area contributed by atoms with E-state index in [4.69, 9.17) is 0 Å². The summed E-state index contributed by atoms with van der Waals surface area (Å²) in [5, 5.41) is 11.1. The van der Waals surface area contributed by atoms with Crippen LogP contribution in [0.25, 0.3) is 5.69 Å². The highest BCUT2D eigenvalue weighted by molar-refractivity contribution is 5.89. The number of nitrogens with one attached hydrogen (secondary N) is 1. The van der Waals surface area contributed by atoms with Crippen LogP contribution in [0, 0.1) is 11.7 Å². The van der Waals surface area contributed by atoms with Crippen molar-refractivity contribution in [2.75, 3.05) is 18.4 Å². The third-order valence-electron chi connectivity index (χ3n) is 5.01. The first kappa shape index (κ1) is 18.2. The maximum atomic E-state index is 13.3. The van der Waals surface area contributed by atoms with Crippen molar-refractivity contribution in [2.24, 2.45) is 5.92 Å². The predicted molar refractivity (Wildman–Crippen MR) is 105 cm³/mol. The van der Waals surface area contributed by atoms with Crippen molar-refractivity contribution in [1.82, 2.24) is 19.7 Å². The molecule has 1 fully saturated rings. The Hall–Kier alpha value is -3.22. The SMILES string of the molecule is O=C(Nc1cccc(F)c1)N1CCCC(Cc2nncn2-c2ccccc2)C1. The molecule has 1 saturated heterocycles. The minimum absolute atomic E-state index is 0.195. The van der Waals surface area contributed by atoms with E-state index in [2.05, 4.69) is 15.5 Å². The second-order valence-electron chi connectivity index (χ2n) is 7.05. The highest BCUT2D eigenvalue weighted by Crippen LogP contribution is 2.22. The average molecular weight is 379 g/mol. The van der Waals surface area contributed by atoms with Crippen LogP contribution in [0.5, 0.6) is 0 Å². The van der Waals surface area contributed by atoms with Crippen LogP contribution in [-0.2, 0) is 6.42 Å². The Balaban J connectivity index is 1.41. The van der Waals surface area contributed by atoms with Crippen molar-refractivity contribution in [3.63, 3.8) is 0 Å². The standard InChI is InChI=1S/C21H22FN5O/c22-17-7-4-8-18(13-17)24-21(28)26-11-5-6-16(14-26)12-20-25-23-15-27(20)19-9-2-1-3-10-19/h1-4,7-10,13,15-16H,5-6,11-12,14H2,(H,24,28). The lowest BCUT2D eigenvalue weighted by Gasteiger charge is -2.32. The molecule has 28 heavy (non-hydrogen) atoms. The first-order chi connectivity index (χ1) is 13.7. The monoisotopic (exact) mass is 379 g/mol. The van der Waals surface area contributed by atoms with Gasteiger partial charge in [0.25, 0.3) is 0 Å². The number of anilines is 1. The molecule has 2 heterocycles. The molecule has 1 aliphatic heterocycles. The highest BCUT2D eigenvalue weighted by atomic mass is 19.1. The van der Waals surface area contributed by atoms with Gasteiger partial charge in [0.2, 0.25) is 0 Å². The second-order valence-corrected chi connectivity index (χ2v) is 7.05. The lowest BCUT2D eigenvalue weighted by Crippen LogP contribution is -2.43. The number of hydrogen-bond donors (Lipinski definition) is 1. The Morgan fingerprint density at radius 3 is 2.86 bits per heavy atom. The Kier molecular flexibility index (Phi) is 5.32. The number of amides is 2. The number of para-hydroxylation sites is 1. The van der Waals surface area contributed by atoms with Gasteiger partial charge in [-0.1, -0.05) is 24.3 Å². The molecule has 3 aromatic rings. The quantitative estimate of drug-likeness (QED) is 0.748. The maximum absolute atomic E-state index is 13.3. The van der Waals surface area contributed by atoms with E-state index >= 15 is 0 Å². The number of hydrogen-bond acceptors (Lipinski definition) is 3. The molecule has 4 rings (SSSR count). The van der Waals surface area contributed by atoms with E-state index in [1.165, 1.54) is 12.1 Å². The molecule has 6 nitrogen and oxygen atoms in total. The van der Waals surface area contributed by atoms with Crippen LogP contribution in [0.2, 0.25) is 0 Å². The van der Waals surface area contributed by atoms with E-state index in [9.17, 15) is 9.18 Å². The Morgan fingerprint density at radius 1 is 1.18 bits per heavy atom. The number of rotatable bonds is 4.